The fourth-order valence-corrected chi connectivity index (χ4v) is 2.67. The van der Waals surface area contributed by atoms with Gasteiger partial charge in [-0.15, -0.1) is 0 Å². The number of fused-ring (bicyclic) bond motifs is 1. The van der Waals surface area contributed by atoms with Crippen molar-refractivity contribution in [2.75, 3.05) is 0 Å². The van der Waals surface area contributed by atoms with Gasteiger partial charge in [0.25, 0.3) is 0 Å². The number of hydrogen-bond acceptors (Lipinski definition) is 0. The van der Waals surface area contributed by atoms with Gasteiger partial charge in [-0.25, -0.2) is 0 Å². The molecule has 0 bridgehead atoms. The number of allylic oxidation sites excluding steroid dienone is 2. The van der Waals surface area contributed by atoms with Crippen LogP contribution in [0.15, 0.2) is 11.6 Å². The minimum absolute atomic E-state index is 1.06. The van der Waals surface area contributed by atoms with E-state index in [1.165, 1.54) is 38.5 Å². The van der Waals surface area contributed by atoms with Gasteiger partial charge < -0.3 is 0 Å². The van der Waals surface area contributed by atoms with E-state index in [9.17, 15) is 0 Å². The van der Waals surface area contributed by atoms with Gasteiger partial charge in [0.2, 0.25) is 0 Å². The third-order valence-electron chi connectivity index (χ3n) is 3.50. The Bertz CT molecular complexity index is 167. The average molecular weight is 150 g/mol. The molecule has 62 valence electrons. The van der Waals surface area contributed by atoms with Crippen molar-refractivity contribution in [1.29, 1.82) is 0 Å². The van der Waals surface area contributed by atoms with E-state index in [-0.39, 0.29) is 0 Å². The molecule has 0 nitrogen and oxygen atoms in total. The van der Waals surface area contributed by atoms with Crippen LogP contribution in [0.5, 0.6) is 0 Å². The molecule has 0 heterocycles. The molecule has 0 aromatic heterocycles. The quantitative estimate of drug-likeness (QED) is 0.463. The zero-order valence-electron chi connectivity index (χ0n) is 7.47. The molecular weight excluding hydrogens is 132 g/mol. The normalized spacial score (nSPS) is 37.7. The Hall–Kier alpha value is -0.260. The summed E-state index contributed by atoms with van der Waals surface area (Å²) in [6, 6.07) is 0. The van der Waals surface area contributed by atoms with Crippen molar-refractivity contribution in [3.63, 3.8) is 0 Å². The van der Waals surface area contributed by atoms with Crippen molar-refractivity contribution in [2.24, 2.45) is 11.8 Å². The van der Waals surface area contributed by atoms with Gasteiger partial charge >= 0.3 is 0 Å². The smallest absolute Gasteiger partial charge is 0.0317 e. The first kappa shape index (κ1) is 7.39. The molecule has 2 aliphatic rings. The molecule has 0 aromatic rings. The molecule has 0 radical (unpaired) electrons. The monoisotopic (exact) mass is 150 g/mol. The van der Waals surface area contributed by atoms with Gasteiger partial charge in [0, 0.05) is 0 Å². The lowest BCUT2D eigenvalue weighted by Crippen LogP contribution is -2.04. The Labute approximate surface area is 69.7 Å². The maximum Gasteiger partial charge on any atom is -0.0317 e. The zero-order valence-corrected chi connectivity index (χ0v) is 7.47. The highest BCUT2D eigenvalue weighted by Crippen LogP contribution is 2.40. The molecule has 0 heteroatoms. The van der Waals surface area contributed by atoms with Crippen molar-refractivity contribution in [3.05, 3.63) is 11.6 Å². The first-order chi connectivity index (χ1) is 5.36. The van der Waals surface area contributed by atoms with E-state index < -0.39 is 0 Å². The molecule has 2 rings (SSSR count). The first-order valence-corrected chi connectivity index (χ1v) is 5.02. The fourth-order valence-electron chi connectivity index (χ4n) is 2.67. The van der Waals surface area contributed by atoms with Crippen molar-refractivity contribution < 1.29 is 0 Å². The summed E-state index contributed by atoms with van der Waals surface area (Å²) < 4.78 is 0. The highest BCUT2D eigenvalue weighted by Gasteiger charge is 2.27. The molecular formula is C11H18. The summed E-state index contributed by atoms with van der Waals surface area (Å²) in [5.41, 5.74) is 1.64. The van der Waals surface area contributed by atoms with Crippen molar-refractivity contribution in [3.8, 4) is 0 Å². The Morgan fingerprint density at radius 2 is 2.00 bits per heavy atom. The molecule has 2 unspecified atom stereocenters. The van der Waals surface area contributed by atoms with Crippen molar-refractivity contribution >= 4 is 0 Å². The molecule has 0 aliphatic heterocycles. The van der Waals surface area contributed by atoms with Crippen LogP contribution < -0.4 is 0 Å². The highest BCUT2D eigenvalue weighted by atomic mass is 14.3. The summed E-state index contributed by atoms with van der Waals surface area (Å²) in [6.07, 6.45) is 11.3. The van der Waals surface area contributed by atoms with Crippen LogP contribution >= 0.6 is 0 Å². The second kappa shape index (κ2) is 3.00. The fraction of sp³-hybridized carbons (Fsp3) is 0.818. The van der Waals surface area contributed by atoms with Crippen molar-refractivity contribution in [1.82, 2.24) is 0 Å². The van der Waals surface area contributed by atoms with Gasteiger partial charge in [-0.05, 0) is 44.4 Å². The van der Waals surface area contributed by atoms with Gasteiger partial charge in [-0.2, -0.15) is 0 Å². The standard InChI is InChI=1S/C11H18/c1-9-5-7-10-3-2-4-11(10)8-6-9/h5,10-11H,2-4,6-8H2,1H3. The third-order valence-corrected chi connectivity index (χ3v) is 3.50. The molecule has 1 fully saturated rings. The lowest BCUT2D eigenvalue weighted by molar-refractivity contribution is 0.378. The summed E-state index contributed by atoms with van der Waals surface area (Å²) in [4.78, 5) is 0. The zero-order chi connectivity index (χ0) is 7.68. The van der Waals surface area contributed by atoms with E-state index in [0.29, 0.717) is 0 Å². The number of rotatable bonds is 0. The maximum absolute atomic E-state index is 2.48. The van der Waals surface area contributed by atoms with Gasteiger partial charge in [0.1, 0.15) is 0 Å². The molecule has 0 saturated heterocycles. The molecule has 0 amide bonds. The van der Waals surface area contributed by atoms with Crippen LogP contribution in [-0.2, 0) is 0 Å². The van der Waals surface area contributed by atoms with Gasteiger partial charge in [-0.1, -0.05) is 24.5 Å². The topological polar surface area (TPSA) is 0 Å². The van der Waals surface area contributed by atoms with Gasteiger partial charge in [0.05, 0.1) is 0 Å². The van der Waals surface area contributed by atoms with Crippen LogP contribution in [0.1, 0.15) is 45.4 Å². The Balaban J connectivity index is 2.04. The van der Waals surface area contributed by atoms with E-state index >= 15 is 0 Å². The third kappa shape index (κ3) is 1.50. The van der Waals surface area contributed by atoms with Crippen molar-refractivity contribution in [2.45, 2.75) is 45.4 Å². The lowest BCUT2D eigenvalue weighted by Gasteiger charge is -2.14. The minimum Gasteiger partial charge on any atom is -0.0853 e. The van der Waals surface area contributed by atoms with Crippen LogP contribution in [-0.4, -0.2) is 0 Å². The maximum atomic E-state index is 2.48. The Kier molecular flexibility index (Phi) is 2.02. The molecule has 0 aromatic carbocycles. The molecule has 0 spiro atoms. The first-order valence-electron chi connectivity index (χ1n) is 5.02. The van der Waals surface area contributed by atoms with Gasteiger partial charge in [-0.3, -0.25) is 0 Å². The predicted molar refractivity (Wildman–Crippen MR) is 48.4 cm³/mol. The molecule has 2 atom stereocenters. The SMILES string of the molecule is CC1=CCC2CCCC2CC1. The summed E-state index contributed by atoms with van der Waals surface area (Å²) in [5, 5.41) is 0. The van der Waals surface area contributed by atoms with Crippen LogP contribution in [0.4, 0.5) is 0 Å². The minimum atomic E-state index is 1.06. The second-order valence-electron chi connectivity index (χ2n) is 4.28. The predicted octanol–water partition coefficient (Wildman–Crippen LogP) is 3.53. The highest BCUT2D eigenvalue weighted by molar-refractivity contribution is 5.03. The van der Waals surface area contributed by atoms with E-state index in [2.05, 4.69) is 13.0 Å². The van der Waals surface area contributed by atoms with Crippen LogP contribution in [0.25, 0.3) is 0 Å². The largest absolute Gasteiger partial charge is 0.0853 e. The Morgan fingerprint density at radius 1 is 1.18 bits per heavy atom. The summed E-state index contributed by atoms with van der Waals surface area (Å²) >= 11 is 0. The van der Waals surface area contributed by atoms with E-state index in [1.54, 1.807) is 5.57 Å². The van der Waals surface area contributed by atoms with E-state index in [1.807, 2.05) is 0 Å². The van der Waals surface area contributed by atoms with E-state index in [4.69, 9.17) is 0 Å². The second-order valence-corrected chi connectivity index (χ2v) is 4.28. The van der Waals surface area contributed by atoms with Gasteiger partial charge in [0.15, 0.2) is 0 Å². The molecule has 2 aliphatic carbocycles. The molecule has 0 N–H and O–H groups in total. The summed E-state index contributed by atoms with van der Waals surface area (Å²) in [6.45, 7) is 2.29. The van der Waals surface area contributed by atoms with E-state index in [0.717, 1.165) is 11.8 Å². The van der Waals surface area contributed by atoms with Crippen LogP contribution in [0.3, 0.4) is 0 Å². The molecule has 1 saturated carbocycles. The average Bonchev–Trinajstić information content (AvgIpc) is 2.38. The lowest BCUT2D eigenvalue weighted by atomic mass is 9.91. The van der Waals surface area contributed by atoms with Crippen LogP contribution in [0.2, 0.25) is 0 Å². The molecule has 11 heavy (non-hydrogen) atoms. The number of hydrogen-bond donors (Lipinski definition) is 0. The van der Waals surface area contributed by atoms with Crippen LogP contribution in [0, 0.1) is 11.8 Å². The Morgan fingerprint density at radius 3 is 2.91 bits per heavy atom. The summed E-state index contributed by atoms with van der Waals surface area (Å²) in [5.74, 6) is 2.15. The summed E-state index contributed by atoms with van der Waals surface area (Å²) in [7, 11) is 0.